The Morgan fingerprint density at radius 3 is 2.00 bits per heavy atom. The quantitative estimate of drug-likeness (QED) is 0.00990. The first-order chi connectivity index (χ1) is 57.8. The highest BCUT2D eigenvalue weighted by Gasteiger charge is 2.53. The molecule has 31 heteroatoms. The minimum atomic E-state index is -2.47. The summed E-state index contributed by atoms with van der Waals surface area (Å²) < 4.78 is 77.3. The first-order valence-electron chi connectivity index (χ1n) is 43.3. The highest BCUT2D eigenvalue weighted by Crippen LogP contribution is 2.42. The summed E-state index contributed by atoms with van der Waals surface area (Å²) in [5.74, 6) is -6.64. The fraction of sp³-hybridized carbons (Fsp3) is 0.697. The van der Waals surface area contributed by atoms with E-state index in [4.69, 9.17) is 72.3 Å². The van der Waals surface area contributed by atoms with E-state index in [2.05, 4.69) is 50.8 Å². The van der Waals surface area contributed by atoms with Crippen molar-refractivity contribution in [3.05, 3.63) is 89.6 Å². The molecule has 4 fully saturated rings. The van der Waals surface area contributed by atoms with Gasteiger partial charge in [0.25, 0.3) is 11.7 Å². The van der Waals surface area contributed by atoms with Crippen LogP contribution in [0.25, 0.3) is 27.8 Å². The highest BCUT2D eigenvalue weighted by molar-refractivity contribution is 6.39. The van der Waals surface area contributed by atoms with Crippen LogP contribution < -0.4 is 16.4 Å². The highest BCUT2D eigenvalue weighted by atomic mass is 16.6. The van der Waals surface area contributed by atoms with Gasteiger partial charge in [0.1, 0.15) is 53.8 Å². The number of carbonyl (C=O) groups excluding carboxylic acids is 6. The Bertz CT molecular complexity index is 4010. The fourth-order valence-electron chi connectivity index (χ4n) is 17.1. The van der Waals surface area contributed by atoms with Crippen LogP contribution in [0, 0.1) is 48.3 Å². The van der Waals surface area contributed by atoms with Crippen molar-refractivity contribution in [3.63, 3.8) is 0 Å². The molecule has 120 heavy (non-hydrogen) atoms. The van der Waals surface area contributed by atoms with Crippen molar-refractivity contribution < 1.29 is 106 Å². The van der Waals surface area contributed by atoms with Crippen LogP contribution in [-0.4, -0.2) is 274 Å². The molecule has 16 atom stereocenters. The van der Waals surface area contributed by atoms with Gasteiger partial charge in [0.15, 0.2) is 11.6 Å². The number of Topliss-reactive ketones (excluding diaryl/α,β-unsaturated/α-hetero) is 2. The van der Waals surface area contributed by atoms with Gasteiger partial charge < -0.3 is 103 Å². The number of ketones is 2. The number of nitrogen functional groups attached to an aromatic ring is 1. The molecular weight excluding hydrogens is 1550 g/mol. The summed E-state index contributed by atoms with van der Waals surface area (Å²) >= 11 is 0. The molecule has 3 aromatic heterocycles. The third-order valence-corrected chi connectivity index (χ3v) is 24.3. The Morgan fingerprint density at radius 1 is 0.717 bits per heavy atom. The predicted molar refractivity (Wildman–Crippen MR) is 449 cm³/mol. The van der Waals surface area contributed by atoms with Crippen molar-refractivity contribution in [2.45, 2.75) is 225 Å². The van der Waals surface area contributed by atoms with Crippen LogP contribution in [0.1, 0.15) is 169 Å². The summed E-state index contributed by atoms with van der Waals surface area (Å²) in [6.45, 7) is 20.7. The molecule has 0 unspecified atom stereocenters. The van der Waals surface area contributed by atoms with Crippen molar-refractivity contribution in [2.24, 2.45) is 41.4 Å². The Labute approximate surface area is 706 Å². The maximum Gasteiger partial charge on any atom is 0.407 e. The number of hydrogen-bond acceptors (Lipinski definition) is 26. The van der Waals surface area contributed by atoms with Crippen LogP contribution in [0.5, 0.6) is 0 Å². The number of hydrogen-bond donors (Lipinski definition) is 7. The van der Waals surface area contributed by atoms with Crippen molar-refractivity contribution >= 4 is 57.7 Å². The molecule has 668 valence electrons. The molecule has 9 rings (SSSR count). The molecule has 2 bridgehead atoms. The van der Waals surface area contributed by atoms with E-state index in [1.54, 1.807) is 41.1 Å². The number of imidazole rings is 1. The lowest BCUT2D eigenvalue weighted by molar-refractivity contribution is -0.265. The second kappa shape index (κ2) is 49.1. The van der Waals surface area contributed by atoms with E-state index in [0.29, 0.717) is 174 Å². The number of alkyl carbamates (subject to hydrolysis) is 1. The van der Waals surface area contributed by atoms with Crippen LogP contribution in [0.4, 0.5) is 10.6 Å². The van der Waals surface area contributed by atoms with Crippen molar-refractivity contribution in [1.29, 1.82) is 0 Å². The van der Waals surface area contributed by atoms with Gasteiger partial charge >= 0.3 is 12.1 Å². The number of cyclic esters (lactones) is 1. The number of nitrogens with zero attached hydrogens (tertiary/aromatic N) is 5. The van der Waals surface area contributed by atoms with E-state index in [-0.39, 0.29) is 73.8 Å². The van der Waals surface area contributed by atoms with Crippen molar-refractivity contribution in [2.75, 3.05) is 139 Å². The Balaban J connectivity index is 0.617. The van der Waals surface area contributed by atoms with Crippen LogP contribution in [0.2, 0.25) is 0 Å². The summed E-state index contributed by atoms with van der Waals surface area (Å²) in [4.78, 5) is 98.1. The van der Waals surface area contributed by atoms with E-state index in [9.17, 15) is 44.1 Å². The molecule has 2 saturated heterocycles. The third kappa shape index (κ3) is 27.8. The number of fused-ring (bicyclic) bond motifs is 5. The number of piperidine rings is 1. The van der Waals surface area contributed by atoms with Crippen LogP contribution in [-0.2, 0) is 85.6 Å². The predicted octanol–water partition coefficient (Wildman–Crippen LogP) is 9.39. The van der Waals surface area contributed by atoms with Crippen LogP contribution in [0.3, 0.4) is 0 Å². The number of benzene rings is 1. The average molecular weight is 1680 g/mol. The second-order valence-electron chi connectivity index (χ2n) is 33.2. The van der Waals surface area contributed by atoms with E-state index >= 15 is 0 Å². The molecule has 5 aliphatic rings. The Morgan fingerprint density at radius 2 is 1.37 bits per heavy atom. The number of nitrogens with two attached hydrogens (primary N) is 1. The number of nitrogens with one attached hydrogen (secondary N) is 3. The van der Waals surface area contributed by atoms with Gasteiger partial charge in [-0.15, -0.1) is 0 Å². The molecule has 4 aromatic rings. The van der Waals surface area contributed by atoms with E-state index in [1.165, 1.54) is 18.3 Å². The number of ether oxygens (including phenoxy) is 13. The maximum atomic E-state index is 14.8. The number of H-pyrrole nitrogens is 1. The molecule has 0 radical (unpaired) electrons. The van der Waals surface area contributed by atoms with Crippen LogP contribution in [0.15, 0.2) is 78.2 Å². The molecule has 2 saturated carbocycles. The van der Waals surface area contributed by atoms with Crippen LogP contribution >= 0.6 is 0 Å². The second-order valence-corrected chi connectivity index (χ2v) is 33.2. The largest absolute Gasteiger partial charge is 0.460 e. The minimum Gasteiger partial charge on any atom is -0.460 e. The van der Waals surface area contributed by atoms with Gasteiger partial charge in [-0.3, -0.25) is 19.2 Å². The van der Waals surface area contributed by atoms with Gasteiger partial charge in [0.05, 0.1) is 123 Å². The molecular formula is C89H135N9O22. The molecule has 1 aromatic carbocycles. The topological polar surface area (TPSA) is 395 Å². The van der Waals surface area contributed by atoms with Gasteiger partial charge in [-0.2, -0.15) is 5.10 Å². The average Bonchev–Trinajstić information content (AvgIpc) is 1.56. The lowest BCUT2D eigenvalue weighted by Crippen LogP contribution is -2.61. The zero-order valence-electron chi connectivity index (χ0n) is 72.4. The van der Waals surface area contributed by atoms with Gasteiger partial charge in [-0.05, 0) is 151 Å². The van der Waals surface area contributed by atoms with E-state index in [0.717, 1.165) is 64.9 Å². The Kier molecular flexibility index (Phi) is 39.5. The summed E-state index contributed by atoms with van der Waals surface area (Å²) in [6, 6.07) is 7.08. The van der Waals surface area contributed by atoms with Gasteiger partial charge in [-0.25, -0.2) is 24.1 Å². The minimum absolute atomic E-state index is 0.00578. The number of aliphatic hydroxyl groups excluding tert-OH is 2. The number of aryl methyl sites for hydroxylation is 1. The molecule has 2 aliphatic carbocycles. The molecule has 31 nitrogen and oxygen atoms in total. The first kappa shape index (κ1) is 96.4. The van der Waals surface area contributed by atoms with Gasteiger partial charge in [0.2, 0.25) is 11.7 Å². The normalized spacial score (nSPS) is 29.9. The lowest BCUT2D eigenvalue weighted by atomic mass is 9.78. The summed E-state index contributed by atoms with van der Waals surface area (Å²) in [5, 5.41) is 47.3. The third-order valence-electron chi connectivity index (χ3n) is 24.3. The number of aliphatic hydroxyl groups is 3. The number of esters is 1. The number of aromatic amines is 1. The van der Waals surface area contributed by atoms with E-state index < -0.39 is 102 Å². The molecule has 8 N–H and O–H groups in total. The fourth-order valence-corrected chi connectivity index (χ4v) is 17.1. The van der Waals surface area contributed by atoms with Crippen molar-refractivity contribution in [1.82, 2.24) is 40.1 Å². The molecule has 3 aliphatic heterocycles. The number of para-hydroxylation sites is 1. The SMILES string of the molecule is CO[C@H]1C[C@@H]2CC[C@@H](C)[C@@](O)(O2)C(=O)C(=O)N2CCCC[C@H]2C(=O)O[C@H]([C@H](C)C[C@@H]2CC[C@@H](OC(=O)NCCOCCOCCOCCOCCOCCOCCOCCNC(=O)[C@H]3CC[C@H](c4nc(-c5cc6cccc(C)c6[nH]5)c5c(N)ncnn54)CC3)[C@H](OC)C2)C[C@@H](O)[C@H](C)/C=C(\C)[C@@H](O)[C@@H](OC)C(=O)[C@H](C)C[C@H](C)/C=C/C=C/C=C/1C. The zero-order valence-corrected chi connectivity index (χ0v) is 72.4. The number of aromatic nitrogens is 5. The first-order valence-corrected chi connectivity index (χ1v) is 43.3. The standard InChI is InChI=1S/C89H135N9O22/c1-56-18-13-12-14-19-57(2)73(108-9)53-68-29-23-63(8)89(107,120-68)82(102)86(104)97-33-16-15-22-70(97)87(105)118-74(54-71(99)59(4)49-62(7)80(101)81(110-11)79(100)61(6)48-56)60(5)50-64-24-30-72(75(51-64)109-10)119-88(106)92-32-35-112-37-39-114-41-43-116-45-47-117-46-44-115-42-40-113-38-36-111-34-31-91-85(103)66-27-25-65(26-28-66)84-96-77(78-83(90)93-55-94-98(78)84)69-52-67-21-17-20-58(3)76(67)95-69/h12-14,17-21,49,52,55-56,59-61,63-66,68,70-75,80-81,95,99,101,107H,15-16,22-48,50-51,53-54H2,1-11H3,(H,91,103)(H,92,106)(H2,90,93,94)/b14-12+,18-13+,57-19+,62-49+/t56-,59-,60-,61-,63-,64+,65-,66-,68+,70+,71-,72-,73+,74+,75-,80-,81+,89-/m1/s1. The number of carbonyl (C=O) groups is 6. The number of amides is 3. The van der Waals surface area contributed by atoms with E-state index in [1.807, 2.05) is 68.7 Å². The number of methoxy groups -OCH3 is 3. The molecule has 6 heterocycles. The summed E-state index contributed by atoms with van der Waals surface area (Å²) in [7, 11) is 4.52. The number of allylic oxidation sites excluding steroid dienone is 5. The molecule has 0 spiro atoms. The summed E-state index contributed by atoms with van der Waals surface area (Å²) in [6.07, 6.45) is 13.5. The summed E-state index contributed by atoms with van der Waals surface area (Å²) in [5.41, 5.74) is 12.1. The number of rotatable bonds is 34. The van der Waals surface area contributed by atoms with Crippen molar-refractivity contribution in [3.8, 4) is 11.4 Å². The smallest absolute Gasteiger partial charge is 0.407 e. The maximum absolute atomic E-state index is 14.8. The zero-order chi connectivity index (χ0) is 86.3. The van der Waals surface area contributed by atoms with Gasteiger partial charge in [0, 0.05) is 94.3 Å². The molecule has 3 amide bonds. The Hall–Kier alpha value is -7.47. The number of anilines is 1. The lowest BCUT2D eigenvalue weighted by Gasteiger charge is -2.43. The monoisotopic (exact) mass is 1680 g/mol. The van der Waals surface area contributed by atoms with Gasteiger partial charge in [-0.1, -0.05) is 89.3 Å².